The molecular weight excluding hydrogens is 256 g/mol. The lowest BCUT2D eigenvalue weighted by molar-refractivity contribution is 0.853. The van der Waals surface area contributed by atoms with Gasteiger partial charge in [0, 0.05) is 9.37 Å². The summed E-state index contributed by atoms with van der Waals surface area (Å²) in [5, 5.41) is 0.207. The molecule has 1 atom stereocenters. The highest BCUT2D eigenvalue weighted by Crippen LogP contribution is 2.40. The van der Waals surface area contributed by atoms with Gasteiger partial charge >= 0.3 is 0 Å². The van der Waals surface area contributed by atoms with E-state index in [2.05, 4.69) is 34.1 Å². The van der Waals surface area contributed by atoms with E-state index in [4.69, 9.17) is 11.6 Å². The van der Waals surface area contributed by atoms with Gasteiger partial charge in [0.25, 0.3) is 0 Å². The highest BCUT2D eigenvalue weighted by atomic mass is 79.9. The third kappa shape index (κ3) is 1.66. The molecule has 0 saturated heterocycles. The van der Waals surface area contributed by atoms with Crippen molar-refractivity contribution in [2.75, 3.05) is 5.75 Å². The molecule has 0 aliphatic carbocycles. The standard InChI is InChI=1S/C9H8BrClS/c10-6-1-2-9-7(5-6)8(11)3-4-12-9/h1-2,5,8H,3-4H2. The van der Waals surface area contributed by atoms with Crippen molar-refractivity contribution in [3.63, 3.8) is 0 Å². The number of hydrogen-bond acceptors (Lipinski definition) is 1. The van der Waals surface area contributed by atoms with E-state index >= 15 is 0 Å². The Kier molecular flexibility index (Phi) is 2.68. The number of halogens is 2. The summed E-state index contributed by atoms with van der Waals surface area (Å²) >= 11 is 11.5. The Labute approximate surface area is 89.8 Å². The summed E-state index contributed by atoms with van der Waals surface area (Å²) in [6.07, 6.45) is 1.08. The minimum absolute atomic E-state index is 0.207. The van der Waals surface area contributed by atoms with Gasteiger partial charge in [0.05, 0.1) is 5.38 Å². The number of hydrogen-bond donors (Lipinski definition) is 0. The fraction of sp³-hybridized carbons (Fsp3) is 0.333. The first-order valence-electron chi connectivity index (χ1n) is 3.83. The van der Waals surface area contributed by atoms with Crippen LogP contribution in [0.1, 0.15) is 17.4 Å². The predicted octanol–water partition coefficient (Wildman–Crippen LogP) is 4.22. The molecule has 0 amide bonds. The Morgan fingerprint density at radius 2 is 2.33 bits per heavy atom. The summed E-state index contributed by atoms with van der Waals surface area (Å²) in [6, 6.07) is 6.33. The van der Waals surface area contributed by atoms with Crippen molar-refractivity contribution < 1.29 is 0 Å². The van der Waals surface area contributed by atoms with Gasteiger partial charge in [-0.3, -0.25) is 0 Å². The first-order valence-corrected chi connectivity index (χ1v) is 6.05. The average molecular weight is 264 g/mol. The molecular formula is C9H8BrClS. The molecule has 0 saturated carbocycles. The van der Waals surface area contributed by atoms with Crippen LogP contribution in [0.2, 0.25) is 0 Å². The first kappa shape index (κ1) is 8.92. The zero-order valence-electron chi connectivity index (χ0n) is 6.39. The largest absolute Gasteiger partial charge is 0.126 e. The summed E-state index contributed by atoms with van der Waals surface area (Å²) in [5.74, 6) is 1.14. The Bertz CT molecular complexity index is 301. The zero-order chi connectivity index (χ0) is 8.55. The summed E-state index contributed by atoms with van der Waals surface area (Å²) in [4.78, 5) is 1.34. The molecule has 12 heavy (non-hydrogen) atoms. The van der Waals surface area contributed by atoms with Gasteiger partial charge in [0.1, 0.15) is 0 Å². The van der Waals surface area contributed by atoms with Gasteiger partial charge < -0.3 is 0 Å². The van der Waals surface area contributed by atoms with Gasteiger partial charge in [-0.05, 0) is 35.9 Å². The monoisotopic (exact) mass is 262 g/mol. The minimum Gasteiger partial charge on any atom is -0.126 e. The highest BCUT2D eigenvalue weighted by Gasteiger charge is 2.18. The van der Waals surface area contributed by atoms with Gasteiger partial charge in [0.15, 0.2) is 0 Å². The van der Waals surface area contributed by atoms with E-state index in [0.29, 0.717) is 0 Å². The van der Waals surface area contributed by atoms with E-state index in [-0.39, 0.29) is 5.38 Å². The van der Waals surface area contributed by atoms with Gasteiger partial charge in [-0.25, -0.2) is 0 Å². The van der Waals surface area contributed by atoms with Crippen LogP contribution < -0.4 is 0 Å². The van der Waals surface area contributed by atoms with Crippen LogP contribution in [0.5, 0.6) is 0 Å². The maximum atomic E-state index is 6.18. The normalized spacial score (nSPS) is 22.0. The molecule has 64 valence electrons. The second-order valence-corrected chi connectivity index (χ2v) is 5.37. The number of rotatable bonds is 0. The van der Waals surface area contributed by atoms with Crippen LogP contribution in [0.15, 0.2) is 27.6 Å². The molecule has 0 nitrogen and oxygen atoms in total. The topological polar surface area (TPSA) is 0 Å². The molecule has 1 heterocycles. The second-order valence-electron chi connectivity index (χ2n) is 2.79. The van der Waals surface area contributed by atoms with E-state index in [1.165, 1.54) is 10.5 Å². The Hall–Kier alpha value is 0.340. The average Bonchev–Trinajstić information content (AvgIpc) is 2.07. The molecule has 1 unspecified atom stereocenters. The second kappa shape index (κ2) is 3.60. The molecule has 1 aliphatic heterocycles. The molecule has 2 rings (SSSR count). The molecule has 0 aromatic heterocycles. The van der Waals surface area contributed by atoms with Gasteiger partial charge in [-0.15, -0.1) is 23.4 Å². The van der Waals surface area contributed by atoms with Crippen molar-refractivity contribution in [1.82, 2.24) is 0 Å². The molecule has 1 aromatic rings. The van der Waals surface area contributed by atoms with Crippen molar-refractivity contribution in [2.45, 2.75) is 16.7 Å². The van der Waals surface area contributed by atoms with Crippen LogP contribution in [0.3, 0.4) is 0 Å². The molecule has 1 aliphatic rings. The molecule has 0 bridgehead atoms. The van der Waals surface area contributed by atoms with E-state index in [0.717, 1.165) is 16.6 Å². The van der Waals surface area contributed by atoms with E-state index in [1.807, 2.05) is 11.8 Å². The van der Waals surface area contributed by atoms with Gasteiger partial charge in [0.2, 0.25) is 0 Å². The van der Waals surface area contributed by atoms with E-state index < -0.39 is 0 Å². The Balaban J connectivity index is 2.47. The van der Waals surface area contributed by atoms with Crippen molar-refractivity contribution >= 4 is 39.3 Å². The number of alkyl halides is 1. The fourth-order valence-electron chi connectivity index (χ4n) is 1.32. The molecule has 0 fully saturated rings. The molecule has 0 N–H and O–H groups in total. The van der Waals surface area contributed by atoms with E-state index in [1.54, 1.807) is 0 Å². The predicted molar refractivity (Wildman–Crippen MR) is 58.1 cm³/mol. The Morgan fingerprint density at radius 3 is 3.17 bits per heavy atom. The maximum Gasteiger partial charge on any atom is 0.0604 e. The maximum absolute atomic E-state index is 6.18. The van der Waals surface area contributed by atoms with Crippen LogP contribution in [0.25, 0.3) is 0 Å². The van der Waals surface area contributed by atoms with Crippen molar-refractivity contribution in [1.29, 1.82) is 0 Å². The lowest BCUT2D eigenvalue weighted by Crippen LogP contribution is -2.01. The third-order valence-corrected chi connectivity index (χ3v) is 4.01. The molecule has 1 aromatic carbocycles. The number of thioether (sulfide) groups is 1. The SMILES string of the molecule is ClC1CCSc2ccc(Br)cc21. The lowest BCUT2D eigenvalue weighted by atomic mass is 10.1. The van der Waals surface area contributed by atoms with Crippen molar-refractivity contribution in [3.05, 3.63) is 28.2 Å². The van der Waals surface area contributed by atoms with Crippen molar-refractivity contribution in [3.8, 4) is 0 Å². The highest BCUT2D eigenvalue weighted by molar-refractivity contribution is 9.10. The summed E-state index contributed by atoms with van der Waals surface area (Å²) < 4.78 is 1.12. The van der Waals surface area contributed by atoms with Crippen LogP contribution in [0, 0.1) is 0 Å². The number of fused-ring (bicyclic) bond motifs is 1. The van der Waals surface area contributed by atoms with Crippen LogP contribution in [0.4, 0.5) is 0 Å². The van der Waals surface area contributed by atoms with Crippen LogP contribution >= 0.6 is 39.3 Å². The molecule has 3 heteroatoms. The first-order chi connectivity index (χ1) is 5.77. The fourth-order valence-corrected chi connectivity index (χ4v) is 3.29. The summed E-state index contributed by atoms with van der Waals surface area (Å²) in [7, 11) is 0. The zero-order valence-corrected chi connectivity index (χ0v) is 9.55. The van der Waals surface area contributed by atoms with Gasteiger partial charge in [-0.2, -0.15) is 0 Å². The Morgan fingerprint density at radius 1 is 1.50 bits per heavy atom. The van der Waals surface area contributed by atoms with Crippen LogP contribution in [-0.4, -0.2) is 5.75 Å². The van der Waals surface area contributed by atoms with E-state index in [9.17, 15) is 0 Å². The quantitative estimate of drug-likeness (QED) is 0.631. The van der Waals surface area contributed by atoms with Crippen LogP contribution in [-0.2, 0) is 0 Å². The smallest absolute Gasteiger partial charge is 0.0604 e. The minimum atomic E-state index is 0.207. The summed E-state index contributed by atoms with van der Waals surface area (Å²) in [5.41, 5.74) is 1.28. The third-order valence-electron chi connectivity index (χ3n) is 1.94. The summed E-state index contributed by atoms with van der Waals surface area (Å²) in [6.45, 7) is 0. The molecule has 0 spiro atoms. The lowest BCUT2D eigenvalue weighted by Gasteiger charge is -2.19. The van der Waals surface area contributed by atoms with Crippen molar-refractivity contribution in [2.24, 2.45) is 0 Å². The van der Waals surface area contributed by atoms with Gasteiger partial charge in [-0.1, -0.05) is 15.9 Å². The molecule has 0 radical (unpaired) electrons. The number of benzene rings is 1.